The Labute approximate surface area is 118 Å². The summed E-state index contributed by atoms with van der Waals surface area (Å²) in [6, 6.07) is 1.99. The average Bonchev–Trinajstić information content (AvgIpc) is 2.89. The molecule has 2 N–H and O–H groups in total. The molecule has 2 amide bonds. The van der Waals surface area contributed by atoms with Crippen molar-refractivity contribution < 1.29 is 9.53 Å². The Balaban J connectivity index is 1.67. The lowest BCUT2D eigenvalue weighted by Gasteiger charge is -2.40. The van der Waals surface area contributed by atoms with Crippen molar-refractivity contribution in [2.75, 3.05) is 20.2 Å². The summed E-state index contributed by atoms with van der Waals surface area (Å²) in [5.41, 5.74) is 1.16. The van der Waals surface area contributed by atoms with Gasteiger partial charge in [-0.3, -0.25) is 0 Å². The maximum Gasteiger partial charge on any atom is 0.314 e. The van der Waals surface area contributed by atoms with Gasteiger partial charge in [-0.15, -0.1) is 0 Å². The fraction of sp³-hybridized carbons (Fsp3) is 0.643. The van der Waals surface area contributed by atoms with Crippen molar-refractivity contribution in [2.24, 2.45) is 0 Å². The van der Waals surface area contributed by atoms with Crippen LogP contribution in [0, 0.1) is 0 Å². The molecule has 106 valence electrons. The van der Waals surface area contributed by atoms with Gasteiger partial charge < -0.3 is 15.4 Å². The van der Waals surface area contributed by atoms with Gasteiger partial charge in [-0.1, -0.05) is 6.92 Å². The zero-order valence-electron chi connectivity index (χ0n) is 11.6. The summed E-state index contributed by atoms with van der Waals surface area (Å²) in [6.07, 6.45) is 3.26. The van der Waals surface area contributed by atoms with Gasteiger partial charge in [-0.25, -0.2) is 4.79 Å². The normalized spacial score (nSPS) is 18.4. The average molecular weight is 282 g/mol. The van der Waals surface area contributed by atoms with Crippen LogP contribution in [-0.4, -0.2) is 31.8 Å². The number of rotatable bonds is 6. The maximum absolute atomic E-state index is 11.7. The van der Waals surface area contributed by atoms with Crippen LogP contribution in [0.4, 0.5) is 4.79 Å². The molecule has 0 aliphatic heterocycles. The van der Waals surface area contributed by atoms with E-state index >= 15 is 0 Å². The molecule has 5 heteroatoms. The minimum Gasteiger partial charge on any atom is -0.376 e. The van der Waals surface area contributed by atoms with Crippen molar-refractivity contribution in [3.8, 4) is 0 Å². The lowest BCUT2D eigenvalue weighted by molar-refractivity contribution is -0.0673. The third-order valence-corrected chi connectivity index (χ3v) is 4.65. The summed E-state index contributed by atoms with van der Waals surface area (Å²) in [4.78, 5) is 11.7. The van der Waals surface area contributed by atoms with E-state index in [1.165, 1.54) is 12.0 Å². The molecule has 1 aliphatic carbocycles. The van der Waals surface area contributed by atoms with Crippen molar-refractivity contribution in [2.45, 2.75) is 37.7 Å². The minimum absolute atomic E-state index is 0.106. The van der Waals surface area contributed by atoms with Gasteiger partial charge in [0.1, 0.15) is 0 Å². The molecule has 0 bridgehead atoms. The Kier molecular flexibility index (Phi) is 4.82. The number of hydrogen-bond acceptors (Lipinski definition) is 3. The molecule has 4 nitrogen and oxygen atoms in total. The van der Waals surface area contributed by atoms with E-state index in [-0.39, 0.29) is 11.6 Å². The van der Waals surface area contributed by atoms with Crippen molar-refractivity contribution in [3.63, 3.8) is 0 Å². The molecule has 1 aliphatic rings. The first-order valence-electron chi connectivity index (χ1n) is 6.74. The van der Waals surface area contributed by atoms with E-state index in [9.17, 15) is 4.79 Å². The Hall–Kier alpha value is -1.07. The van der Waals surface area contributed by atoms with Crippen molar-refractivity contribution in [1.29, 1.82) is 0 Å². The molecule has 1 fully saturated rings. The third-order valence-electron chi connectivity index (χ3n) is 3.95. The van der Waals surface area contributed by atoms with E-state index in [4.69, 9.17) is 4.74 Å². The number of urea groups is 1. The quantitative estimate of drug-likeness (QED) is 0.843. The monoisotopic (exact) mass is 282 g/mol. The van der Waals surface area contributed by atoms with Crippen molar-refractivity contribution in [3.05, 3.63) is 22.4 Å². The number of carbonyl (C=O) groups excluding carboxylic acids is 1. The SMILES string of the molecule is COC1(CNC(=O)NC[C@@H](C)c2ccsc2)CCC1. The minimum atomic E-state index is -0.115. The second kappa shape index (κ2) is 6.39. The second-order valence-corrected chi connectivity index (χ2v) is 6.04. The Morgan fingerprint density at radius 2 is 2.32 bits per heavy atom. The van der Waals surface area contributed by atoms with E-state index in [1.807, 2.05) is 0 Å². The topological polar surface area (TPSA) is 50.4 Å². The summed E-state index contributed by atoms with van der Waals surface area (Å²) >= 11 is 1.68. The number of carbonyl (C=O) groups is 1. The van der Waals surface area contributed by atoms with Crippen LogP contribution in [0.25, 0.3) is 0 Å². The van der Waals surface area contributed by atoms with Gasteiger partial charge in [-0.2, -0.15) is 11.3 Å². The molecular formula is C14H22N2O2S. The standard InChI is InChI=1S/C14H22N2O2S/c1-11(12-4-7-19-9-12)8-15-13(17)16-10-14(18-2)5-3-6-14/h4,7,9,11H,3,5-6,8,10H2,1-2H3,(H2,15,16,17)/t11-/m1/s1. The second-order valence-electron chi connectivity index (χ2n) is 5.26. The van der Waals surface area contributed by atoms with Crippen LogP contribution < -0.4 is 10.6 Å². The van der Waals surface area contributed by atoms with Gasteiger partial charge >= 0.3 is 6.03 Å². The number of amides is 2. The molecule has 1 heterocycles. The number of nitrogens with one attached hydrogen (secondary N) is 2. The van der Waals surface area contributed by atoms with E-state index < -0.39 is 0 Å². The van der Waals surface area contributed by atoms with Crippen LogP contribution in [0.15, 0.2) is 16.8 Å². The first-order chi connectivity index (χ1) is 9.15. The highest BCUT2D eigenvalue weighted by Gasteiger charge is 2.37. The molecule has 0 aromatic carbocycles. The molecule has 1 atom stereocenters. The number of hydrogen-bond donors (Lipinski definition) is 2. The maximum atomic E-state index is 11.7. The lowest BCUT2D eigenvalue weighted by atomic mass is 9.80. The summed E-state index contributed by atoms with van der Waals surface area (Å²) in [6.45, 7) is 3.37. The van der Waals surface area contributed by atoms with Gasteiger partial charge in [0.05, 0.1) is 5.60 Å². The highest BCUT2D eigenvalue weighted by atomic mass is 32.1. The van der Waals surface area contributed by atoms with Crippen LogP contribution in [-0.2, 0) is 4.74 Å². The van der Waals surface area contributed by atoms with Gasteiger partial charge in [-0.05, 0) is 47.6 Å². The first kappa shape index (κ1) is 14.3. The van der Waals surface area contributed by atoms with Crippen LogP contribution in [0.1, 0.15) is 37.7 Å². The summed E-state index contributed by atoms with van der Waals surface area (Å²) in [7, 11) is 1.72. The van der Waals surface area contributed by atoms with E-state index in [2.05, 4.69) is 34.4 Å². The fourth-order valence-corrected chi connectivity index (χ4v) is 3.03. The third kappa shape index (κ3) is 3.70. The van der Waals surface area contributed by atoms with Gasteiger partial charge in [0.25, 0.3) is 0 Å². The molecule has 0 radical (unpaired) electrons. The smallest absolute Gasteiger partial charge is 0.314 e. The number of thiophene rings is 1. The molecule has 1 aromatic heterocycles. The van der Waals surface area contributed by atoms with Gasteiger partial charge in [0, 0.05) is 20.2 Å². The molecule has 0 saturated heterocycles. The molecule has 1 aromatic rings. The predicted molar refractivity (Wildman–Crippen MR) is 77.7 cm³/mol. The zero-order chi connectivity index (χ0) is 13.7. The molecule has 19 heavy (non-hydrogen) atoms. The highest BCUT2D eigenvalue weighted by Crippen LogP contribution is 2.34. The van der Waals surface area contributed by atoms with E-state index in [0.717, 1.165) is 12.8 Å². The molecule has 0 unspecified atom stereocenters. The lowest BCUT2D eigenvalue weighted by Crippen LogP contribution is -2.51. The molecule has 1 saturated carbocycles. The Bertz CT molecular complexity index is 396. The molecular weight excluding hydrogens is 260 g/mol. The van der Waals surface area contributed by atoms with E-state index in [0.29, 0.717) is 19.0 Å². The largest absolute Gasteiger partial charge is 0.376 e. The summed E-state index contributed by atoms with van der Waals surface area (Å²) in [5, 5.41) is 10.0. The first-order valence-corrected chi connectivity index (χ1v) is 7.68. The summed E-state index contributed by atoms with van der Waals surface area (Å²) in [5.74, 6) is 0.345. The van der Waals surface area contributed by atoms with Gasteiger partial charge in [0.2, 0.25) is 0 Å². The van der Waals surface area contributed by atoms with Crippen LogP contribution >= 0.6 is 11.3 Å². The van der Waals surface area contributed by atoms with Crippen molar-refractivity contribution in [1.82, 2.24) is 10.6 Å². The highest BCUT2D eigenvalue weighted by molar-refractivity contribution is 7.07. The number of methoxy groups -OCH3 is 1. The Morgan fingerprint density at radius 3 is 2.84 bits per heavy atom. The molecule has 0 spiro atoms. The number of ether oxygens (including phenoxy) is 1. The predicted octanol–water partition coefficient (Wildman–Crippen LogP) is 2.72. The van der Waals surface area contributed by atoms with Crippen LogP contribution in [0.2, 0.25) is 0 Å². The van der Waals surface area contributed by atoms with Crippen LogP contribution in [0.3, 0.4) is 0 Å². The Morgan fingerprint density at radius 1 is 1.53 bits per heavy atom. The van der Waals surface area contributed by atoms with Gasteiger partial charge in [0.15, 0.2) is 0 Å². The molecule has 2 rings (SSSR count). The van der Waals surface area contributed by atoms with E-state index in [1.54, 1.807) is 18.4 Å². The van der Waals surface area contributed by atoms with Crippen LogP contribution in [0.5, 0.6) is 0 Å². The zero-order valence-corrected chi connectivity index (χ0v) is 12.4. The van der Waals surface area contributed by atoms with Crippen molar-refractivity contribution >= 4 is 17.4 Å². The fourth-order valence-electron chi connectivity index (χ4n) is 2.25. The summed E-state index contributed by atoms with van der Waals surface area (Å²) < 4.78 is 5.47.